The minimum Gasteiger partial charge on any atom is -0.313 e. The second-order valence-corrected chi connectivity index (χ2v) is 6.26. The molecule has 1 unspecified atom stereocenters. The molecule has 1 fully saturated rings. The number of rotatable bonds is 5. The summed E-state index contributed by atoms with van der Waals surface area (Å²) in [6, 6.07) is 0.649. The predicted octanol–water partition coefficient (Wildman–Crippen LogP) is 2.72. The summed E-state index contributed by atoms with van der Waals surface area (Å²) >= 11 is 1.83. The summed E-state index contributed by atoms with van der Waals surface area (Å²) in [5.74, 6) is 0. The lowest BCUT2D eigenvalue weighted by Gasteiger charge is -2.21. The highest BCUT2D eigenvalue weighted by atomic mass is 32.1. The SMILES string of the molecule is CCc1cnc(CNCC2CCCCCCN2)s1. The average molecular weight is 267 g/mol. The van der Waals surface area contributed by atoms with Gasteiger partial charge in [0.15, 0.2) is 0 Å². The quantitative estimate of drug-likeness (QED) is 0.861. The van der Waals surface area contributed by atoms with Crippen molar-refractivity contribution in [1.82, 2.24) is 15.6 Å². The normalized spacial score (nSPS) is 21.5. The summed E-state index contributed by atoms with van der Waals surface area (Å²) in [7, 11) is 0. The maximum atomic E-state index is 4.44. The van der Waals surface area contributed by atoms with Crippen LogP contribution in [0.4, 0.5) is 0 Å². The van der Waals surface area contributed by atoms with Crippen molar-refractivity contribution in [3.05, 3.63) is 16.1 Å². The summed E-state index contributed by atoms with van der Waals surface area (Å²) in [4.78, 5) is 5.82. The largest absolute Gasteiger partial charge is 0.313 e. The van der Waals surface area contributed by atoms with E-state index in [1.54, 1.807) is 0 Å². The van der Waals surface area contributed by atoms with E-state index >= 15 is 0 Å². The lowest BCUT2D eigenvalue weighted by atomic mass is 10.0. The van der Waals surface area contributed by atoms with Gasteiger partial charge in [0.2, 0.25) is 0 Å². The lowest BCUT2D eigenvalue weighted by Crippen LogP contribution is -2.39. The van der Waals surface area contributed by atoms with Gasteiger partial charge >= 0.3 is 0 Å². The zero-order chi connectivity index (χ0) is 12.6. The molecule has 0 spiro atoms. The van der Waals surface area contributed by atoms with Gasteiger partial charge in [-0.1, -0.05) is 26.2 Å². The molecule has 1 aliphatic heterocycles. The number of nitrogens with zero attached hydrogens (tertiary/aromatic N) is 1. The fourth-order valence-corrected chi connectivity index (χ4v) is 3.23. The maximum absolute atomic E-state index is 4.44. The van der Waals surface area contributed by atoms with Gasteiger partial charge in [0.05, 0.1) is 0 Å². The molecule has 2 N–H and O–H groups in total. The van der Waals surface area contributed by atoms with Crippen LogP contribution in [-0.2, 0) is 13.0 Å². The molecule has 0 aromatic carbocycles. The molecule has 1 aliphatic rings. The highest BCUT2D eigenvalue weighted by Crippen LogP contribution is 2.13. The fraction of sp³-hybridized carbons (Fsp3) is 0.786. The van der Waals surface area contributed by atoms with Crippen LogP contribution in [-0.4, -0.2) is 24.1 Å². The molecule has 1 aromatic rings. The minimum absolute atomic E-state index is 0.649. The van der Waals surface area contributed by atoms with E-state index in [0.29, 0.717) is 6.04 Å². The van der Waals surface area contributed by atoms with Crippen molar-refractivity contribution < 1.29 is 0 Å². The van der Waals surface area contributed by atoms with E-state index < -0.39 is 0 Å². The Morgan fingerprint density at radius 3 is 3.11 bits per heavy atom. The number of nitrogens with one attached hydrogen (secondary N) is 2. The molecule has 18 heavy (non-hydrogen) atoms. The molecule has 0 amide bonds. The van der Waals surface area contributed by atoms with Gasteiger partial charge in [-0.2, -0.15) is 0 Å². The van der Waals surface area contributed by atoms with Gasteiger partial charge in [-0.3, -0.25) is 0 Å². The number of aryl methyl sites for hydroxylation is 1. The Hall–Kier alpha value is -0.450. The van der Waals surface area contributed by atoms with Gasteiger partial charge in [0.1, 0.15) is 5.01 Å². The monoisotopic (exact) mass is 267 g/mol. The molecule has 0 aliphatic carbocycles. The molecule has 2 rings (SSSR count). The van der Waals surface area contributed by atoms with Crippen molar-refractivity contribution >= 4 is 11.3 Å². The molecule has 1 atom stereocenters. The van der Waals surface area contributed by atoms with E-state index in [0.717, 1.165) is 19.5 Å². The van der Waals surface area contributed by atoms with Crippen LogP contribution >= 0.6 is 11.3 Å². The molecule has 1 aromatic heterocycles. The van der Waals surface area contributed by atoms with Crippen LogP contribution in [0.2, 0.25) is 0 Å². The number of thiazole rings is 1. The molecule has 0 radical (unpaired) electrons. The zero-order valence-corrected chi connectivity index (χ0v) is 12.2. The van der Waals surface area contributed by atoms with Gasteiger partial charge in [-0.15, -0.1) is 11.3 Å². The molecule has 1 saturated heterocycles. The second-order valence-electron chi connectivity index (χ2n) is 5.06. The van der Waals surface area contributed by atoms with Crippen LogP contribution in [0.5, 0.6) is 0 Å². The standard InChI is InChI=1S/C14H25N3S/c1-2-13-10-17-14(18-13)11-15-9-12-7-5-3-4-6-8-16-12/h10,12,15-16H,2-9,11H2,1H3. The van der Waals surface area contributed by atoms with Crippen molar-refractivity contribution in [3.8, 4) is 0 Å². The van der Waals surface area contributed by atoms with Crippen molar-refractivity contribution in [2.75, 3.05) is 13.1 Å². The van der Waals surface area contributed by atoms with Gasteiger partial charge in [0, 0.05) is 30.2 Å². The van der Waals surface area contributed by atoms with Gasteiger partial charge in [-0.05, 0) is 25.8 Å². The number of hydrogen-bond acceptors (Lipinski definition) is 4. The van der Waals surface area contributed by atoms with Crippen LogP contribution in [0.25, 0.3) is 0 Å². The zero-order valence-electron chi connectivity index (χ0n) is 11.4. The topological polar surface area (TPSA) is 37.0 Å². The molecule has 3 nitrogen and oxygen atoms in total. The Balaban J connectivity index is 1.67. The third-order valence-corrected chi connectivity index (χ3v) is 4.67. The highest BCUT2D eigenvalue weighted by molar-refractivity contribution is 7.11. The summed E-state index contributed by atoms with van der Waals surface area (Å²) in [5, 5.41) is 8.41. The molecule has 0 bridgehead atoms. The van der Waals surface area contributed by atoms with E-state index in [-0.39, 0.29) is 0 Å². The van der Waals surface area contributed by atoms with Crippen LogP contribution in [0, 0.1) is 0 Å². The Morgan fingerprint density at radius 2 is 2.28 bits per heavy atom. The minimum atomic E-state index is 0.649. The van der Waals surface area contributed by atoms with E-state index in [9.17, 15) is 0 Å². The van der Waals surface area contributed by atoms with Crippen LogP contribution in [0.3, 0.4) is 0 Å². The fourth-order valence-electron chi connectivity index (χ4n) is 2.40. The van der Waals surface area contributed by atoms with Crippen LogP contribution in [0.15, 0.2) is 6.20 Å². The van der Waals surface area contributed by atoms with Gasteiger partial charge in [0.25, 0.3) is 0 Å². The van der Waals surface area contributed by atoms with E-state index in [2.05, 4.69) is 22.5 Å². The summed E-state index contributed by atoms with van der Waals surface area (Å²) in [6.07, 6.45) is 9.93. The predicted molar refractivity (Wildman–Crippen MR) is 78.1 cm³/mol. The summed E-state index contributed by atoms with van der Waals surface area (Å²) in [5.41, 5.74) is 0. The van der Waals surface area contributed by atoms with Gasteiger partial charge in [-0.25, -0.2) is 4.98 Å². The van der Waals surface area contributed by atoms with Crippen molar-refractivity contribution in [1.29, 1.82) is 0 Å². The molecular formula is C14H25N3S. The maximum Gasteiger partial charge on any atom is 0.107 e. The molecular weight excluding hydrogens is 242 g/mol. The summed E-state index contributed by atoms with van der Waals surface area (Å²) < 4.78 is 0. The third-order valence-electron chi connectivity index (χ3n) is 3.53. The Morgan fingerprint density at radius 1 is 1.39 bits per heavy atom. The molecule has 102 valence electrons. The Kier molecular flexibility index (Phi) is 6.11. The van der Waals surface area contributed by atoms with Crippen LogP contribution < -0.4 is 10.6 Å². The van der Waals surface area contributed by atoms with E-state index in [1.165, 1.54) is 48.5 Å². The second kappa shape index (κ2) is 7.87. The Labute approximate surface area is 114 Å². The smallest absolute Gasteiger partial charge is 0.107 e. The lowest BCUT2D eigenvalue weighted by molar-refractivity contribution is 0.398. The first kappa shape index (κ1) is 14.0. The number of hydrogen-bond donors (Lipinski definition) is 2. The van der Waals surface area contributed by atoms with Gasteiger partial charge < -0.3 is 10.6 Å². The highest BCUT2D eigenvalue weighted by Gasteiger charge is 2.10. The first-order chi connectivity index (χ1) is 8.88. The number of aromatic nitrogens is 1. The van der Waals surface area contributed by atoms with E-state index in [1.807, 2.05) is 17.5 Å². The molecule has 2 heterocycles. The first-order valence-corrected chi connectivity index (χ1v) is 8.08. The summed E-state index contributed by atoms with van der Waals surface area (Å²) in [6.45, 7) is 5.36. The molecule has 0 saturated carbocycles. The van der Waals surface area contributed by atoms with Crippen LogP contribution in [0.1, 0.15) is 48.9 Å². The van der Waals surface area contributed by atoms with Crippen molar-refractivity contribution in [2.45, 2.75) is 58.0 Å². The molecule has 4 heteroatoms. The first-order valence-electron chi connectivity index (χ1n) is 7.26. The third kappa shape index (κ3) is 4.67. The van der Waals surface area contributed by atoms with Crippen molar-refractivity contribution in [3.63, 3.8) is 0 Å². The van der Waals surface area contributed by atoms with E-state index in [4.69, 9.17) is 0 Å². The Bertz CT molecular complexity index is 330. The average Bonchev–Trinajstić information content (AvgIpc) is 2.79. The van der Waals surface area contributed by atoms with Crippen molar-refractivity contribution in [2.24, 2.45) is 0 Å².